The van der Waals surface area contributed by atoms with Crippen molar-refractivity contribution in [1.82, 2.24) is 9.80 Å². The number of benzene rings is 1. The average molecular weight is 278 g/mol. The summed E-state index contributed by atoms with van der Waals surface area (Å²) in [5.74, 6) is -0.0150. The molecule has 0 N–H and O–H groups in total. The van der Waals surface area contributed by atoms with Crippen molar-refractivity contribution in [1.29, 1.82) is 0 Å². The number of carbonyl (C=O) groups excluding carboxylic acids is 1. The van der Waals surface area contributed by atoms with Crippen LogP contribution in [0.3, 0.4) is 0 Å². The molecule has 0 spiro atoms. The van der Waals surface area contributed by atoms with Gasteiger partial charge in [-0.1, -0.05) is 6.07 Å². The van der Waals surface area contributed by atoms with Crippen molar-refractivity contribution < 1.29 is 13.9 Å². The van der Waals surface area contributed by atoms with E-state index < -0.39 is 5.82 Å². The van der Waals surface area contributed by atoms with E-state index in [1.807, 2.05) is 0 Å². The Labute approximate surface area is 118 Å². The van der Waals surface area contributed by atoms with Gasteiger partial charge >= 0.3 is 0 Å². The molecule has 20 heavy (non-hydrogen) atoms. The third kappa shape index (κ3) is 2.55. The summed E-state index contributed by atoms with van der Waals surface area (Å²) in [6.07, 6.45) is 0.288. The first-order chi connectivity index (χ1) is 9.67. The zero-order chi connectivity index (χ0) is 14.1. The summed E-state index contributed by atoms with van der Waals surface area (Å²) in [5, 5.41) is 0. The zero-order valence-corrected chi connectivity index (χ0v) is 11.6. The lowest BCUT2D eigenvalue weighted by atomic mass is 9.98. The van der Waals surface area contributed by atoms with Gasteiger partial charge in [0.05, 0.1) is 13.2 Å². The standard InChI is InChI=1S/C15H19FN2O2/c1-20-15-3-2-11(8-12(15)16)9-14(19)13-10-17-4-6-18(13)7-5-17/h2-3,8,13H,4-7,9-10H2,1H3. The fraction of sp³-hybridized carbons (Fsp3) is 0.533. The number of rotatable bonds is 4. The molecule has 3 heterocycles. The van der Waals surface area contributed by atoms with Gasteiger partial charge < -0.3 is 4.74 Å². The van der Waals surface area contributed by atoms with Crippen LogP contribution in [-0.4, -0.2) is 61.5 Å². The summed E-state index contributed by atoms with van der Waals surface area (Å²) in [5.41, 5.74) is 0.714. The fourth-order valence-electron chi connectivity index (χ4n) is 3.06. The third-order valence-corrected chi connectivity index (χ3v) is 4.25. The first-order valence-electron chi connectivity index (χ1n) is 6.99. The van der Waals surface area contributed by atoms with E-state index in [1.165, 1.54) is 13.2 Å². The van der Waals surface area contributed by atoms with Gasteiger partial charge in [-0.05, 0) is 17.7 Å². The van der Waals surface area contributed by atoms with E-state index in [0.717, 1.165) is 32.7 Å². The molecule has 1 unspecified atom stereocenters. The highest BCUT2D eigenvalue weighted by Crippen LogP contribution is 2.21. The molecule has 0 radical (unpaired) electrons. The van der Waals surface area contributed by atoms with E-state index in [1.54, 1.807) is 12.1 Å². The number of halogens is 1. The number of fused-ring (bicyclic) bond motifs is 3. The Bertz CT molecular complexity index is 513. The average Bonchev–Trinajstić information content (AvgIpc) is 2.48. The van der Waals surface area contributed by atoms with Crippen molar-refractivity contribution in [3.05, 3.63) is 29.6 Å². The van der Waals surface area contributed by atoms with Gasteiger partial charge in [0.15, 0.2) is 17.3 Å². The van der Waals surface area contributed by atoms with Crippen LogP contribution >= 0.6 is 0 Å². The number of nitrogens with zero attached hydrogens (tertiary/aromatic N) is 2. The summed E-state index contributed by atoms with van der Waals surface area (Å²) in [7, 11) is 1.43. The summed E-state index contributed by atoms with van der Waals surface area (Å²) >= 11 is 0. The molecule has 2 bridgehead atoms. The van der Waals surface area contributed by atoms with Gasteiger partial charge in [-0.3, -0.25) is 14.6 Å². The minimum Gasteiger partial charge on any atom is -0.494 e. The van der Waals surface area contributed by atoms with Crippen LogP contribution in [0.5, 0.6) is 5.75 Å². The molecule has 0 aromatic heterocycles. The van der Waals surface area contributed by atoms with Crippen molar-refractivity contribution in [3.8, 4) is 5.75 Å². The number of hydrogen-bond donors (Lipinski definition) is 0. The number of ketones is 1. The molecule has 1 aromatic carbocycles. The predicted octanol–water partition coefficient (Wildman–Crippen LogP) is 0.946. The van der Waals surface area contributed by atoms with Crippen LogP contribution < -0.4 is 4.74 Å². The quantitative estimate of drug-likeness (QED) is 0.821. The number of ether oxygens (including phenoxy) is 1. The number of methoxy groups -OCH3 is 1. The molecule has 5 heteroatoms. The normalized spacial score (nSPS) is 28.4. The van der Waals surface area contributed by atoms with Crippen LogP contribution in [0.15, 0.2) is 18.2 Å². The van der Waals surface area contributed by atoms with Crippen LogP contribution in [-0.2, 0) is 11.2 Å². The van der Waals surface area contributed by atoms with Gasteiger partial charge in [-0.2, -0.15) is 0 Å². The molecule has 4 nitrogen and oxygen atoms in total. The Kier molecular flexibility index (Phi) is 3.72. The van der Waals surface area contributed by atoms with Crippen molar-refractivity contribution >= 4 is 5.78 Å². The van der Waals surface area contributed by atoms with E-state index in [-0.39, 0.29) is 24.0 Å². The van der Waals surface area contributed by atoms with Crippen molar-refractivity contribution in [3.63, 3.8) is 0 Å². The van der Waals surface area contributed by atoms with Gasteiger partial charge in [-0.25, -0.2) is 4.39 Å². The first-order valence-corrected chi connectivity index (χ1v) is 6.99. The molecule has 3 aliphatic heterocycles. The molecular formula is C15H19FN2O2. The lowest BCUT2D eigenvalue weighted by Gasteiger charge is -2.46. The molecule has 4 rings (SSSR count). The molecule has 3 aliphatic rings. The van der Waals surface area contributed by atoms with Gasteiger partial charge in [-0.15, -0.1) is 0 Å². The molecule has 1 aromatic rings. The maximum absolute atomic E-state index is 13.6. The van der Waals surface area contributed by atoms with Crippen molar-refractivity contribution in [2.45, 2.75) is 12.5 Å². The van der Waals surface area contributed by atoms with Gasteiger partial charge in [0.2, 0.25) is 0 Å². The number of piperazine rings is 3. The molecule has 108 valence electrons. The Morgan fingerprint density at radius 2 is 2.10 bits per heavy atom. The lowest BCUT2D eigenvalue weighted by Crippen LogP contribution is -2.63. The first kappa shape index (κ1) is 13.5. The molecule has 1 atom stereocenters. The highest BCUT2D eigenvalue weighted by atomic mass is 19.1. The van der Waals surface area contributed by atoms with Crippen LogP contribution in [0.2, 0.25) is 0 Å². The summed E-state index contributed by atoms with van der Waals surface area (Å²) in [6, 6.07) is 4.71. The Hall–Kier alpha value is -1.46. The third-order valence-electron chi connectivity index (χ3n) is 4.25. The highest BCUT2D eigenvalue weighted by molar-refractivity contribution is 5.86. The van der Waals surface area contributed by atoms with E-state index in [0.29, 0.717) is 5.56 Å². The second-order valence-electron chi connectivity index (χ2n) is 5.46. The molecule has 3 saturated heterocycles. The minimum absolute atomic E-state index is 0.0253. The monoisotopic (exact) mass is 278 g/mol. The number of hydrogen-bond acceptors (Lipinski definition) is 4. The maximum Gasteiger partial charge on any atom is 0.165 e. The second-order valence-corrected chi connectivity index (χ2v) is 5.46. The SMILES string of the molecule is COc1ccc(CC(=O)C2CN3CCN2CC3)cc1F. The summed E-state index contributed by atoms with van der Waals surface area (Å²) in [6.45, 7) is 4.86. The van der Waals surface area contributed by atoms with Crippen LogP contribution in [0.25, 0.3) is 0 Å². The van der Waals surface area contributed by atoms with Crippen molar-refractivity contribution in [2.75, 3.05) is 39.8 Å². The largest absolute Gasteiger partial charge is 0.494 e. The minimum atomic E-state index is -0.410. The van der Waals surface area contributed by atoms with Crippen LogP contribution in [0.4, 0.5) is 4.39 Å². The van der Waals surface area contributed by atoms with E-state index in [4.69, 9.17) is 4.74 Å². The van der Waals surface area contributed by atoms with E-state index in [9.17, 15) is 9.18 Å². The lowest BCUT2D eigenvalue weighted by molar-refractivity contribution is -0.128. The summed E-state index contributed by atoms with van der Waals surface area (Å²) < 4.78 is 18.5. The van der Waals surface area contributed by atoms with Crippen LogP contribution in [0, 0.1) is 5.82 Å². The number of carbonyl (C=O) groups is 1. The topological polar surface area (TPSA) is 32.8 Å². The van der Waals surface area contributed by atoms with Crippen molar-refractivity contribution in [2.24, 2.45) is 0 Å². The second kappa shape index (κ2) is 5.50. The molecular weight excluding hydrogens is 259 g/mol. The summed E-state index contributed by atoms with van der Waals surface area (Å²) in [4.78, 5) is 17.0. The zero-order valence-electron chi connectivity index (χ0n) is 11.6. The number of Topliss-reactive ketones (excluding diaryl/α,β-unsaturated/α-hetero) is 1. The van der Waals surface area contributed by atoms with Gasteiger partial charge in [0, 0.05) is 39.1 Å². The Morgan fingerprint density at radius 1 is 1.35 bits per heavy atom. The molecule has 0 saturated carbocycles. The molecule has 3 fully saturated rings. The van der Waals surface area contributed by atoms with Crippen LogP contribution in [0.1, 0.15) is 5.56 Å². The maximum atomic E-state index is 13.6. The van der Waals surface area contributed by atoms with E-state index in [2.05, 4.69) is 9.80 Å². The van der Waals surface area contributed by atoms with Gasteiger partial charge in [0.1, 0.15) is 0 Å². The predicted molar refractivity (Wildman–Crippen MR) is 73.5 cm³/mol. The Morgan fingerprint density at radius 3 is 2.65 bits per heavy atom. The van der Waals surface area contributed by atoms with E-state index >= 15 is 0 Å². The highest BCUT2D eigenvalue weighted by Gasteiger charge is 2.35. The fourth-order valence-corrected chi connectivity index (χ4v) is 3.06. The Balaban J connectivity index is 1.68. The van der Waals surface area contributed by atoms with Gasteiger partial charge in [0.25, 0.3) is 0 Å². The molecule has 0 amide bonds. The molecule has 0 aliphatic carbocycles. The smallest absolute Gasteiger partial charge is 0.165 e.